The molecule has 0 atom stereocenters. The van der Waals surface area contributed by atoms with Crippen LogP contribution in [0.15, 0.2) is 22.7 Å². The fraction of sp³-hybridized carbons (Fsp3) is 0.611. The third-order valence-electron chi connectivity index (χ3n) is 5.09. The van der Waals surface area contributed by atoms with E-state index in [0.29, 0.717) is 17.5 Å². The number of aromatic nitrogens is 1. The zero-order valence-corrected chi connectivity index (χ0v) is 14.3. The van der Waals surface area contributed by atoms with Crippen LogP contribution in [0.3, 0.4) is 0 Å². The molecular weight excluding hydrogens is 293 g/mol. The van der Waals surface area contributed by atoms with Crippen LogP contribution in [0.25, 0.3) is 11.0 Å². The van der Waals surface area contributed by atoms with E-state index >= 15 is 0 Å². The van der Waals surface area contributed by atoms with Crippen molar-refractivity contribution in [3.05, 3.63) is 29.7 Å². The molecular formula is C18H26FN3O. The summed E-state index contributed by atoms with van der Waals surface area (Å²) in [6, 6.07) is 5.29. The number of hydrogen-bond acceptors (Lipinski definition) is 4. The lowest BCUT2D eigenvalue weighted by molar-refractivity contribution is 0.170. The van der Waals surface area contributed by atoms with Crippen molar-refractivity contribution >= 4 is 11.0 Å². The maximum atomic E-state index is 13.2. The zero-order chi connectivity index (χ0) is 16.4. The second kappa shape index (κ2) is 6.97. The van der Waals surface area contributed by atoms with Gasteiger partial charge in [-0.15, -0.1) is 0 Å². The van der Waals surface area contributed by atoms with Crippen molar-refractivity contribution in [1.82, 2.24) is 15.0 Å². The van der Waals surface area contributed by atoms with Gasteiger partial charge in [-0.25, -0.2) is 4.39 Å². The van der Waals surface area contributed by atoms with Gasteiger partial charge in [0.1, 0.15) is 5.82 Å². The lowest BCUT2D eigenvalue weighted by atomic mass is 9.91. The van der Waals surface area contributed by atoms with Crippen molar-refractivity contribution in [2.24, 2.45) is 0 Å². The lowest BCUT2D eigenvalue weighted by Crippen LogP contribution is -2.40. The van der Waals surface area contributed by atoms with Gasteiger partial charge in [-0.1, -0.05) is 5.16 Å². The number of nitrogens with zero attached hydrogens (tertiary/aromatic N) is 3. The molecule has 126 valence electrons. The Hall–Kier alpha value is -1.46. The van der Waals surface area contributed by atoms with Crippen LogP contribution in [0, 0.1) is 5.82 Å². The van der Waals surface area contributed by atoms with Crippen molar-refractivity contribution in [2.75, 3.05) is 33.2 Å². The van der Waals surface area contributed by atoms with Crippen molar-refractivity contribution in [3.8, 4) is 0 Å². The number of fused-ring (bicyclic) bond motifs is 1. The summed E-state index contributed by atoms with van der Waals surface area (Å²) in [5, 5.41) is 5.18. The fourth-order valence-electron chi connectivity index (χ4n) is 3.21. The van der Waals surface area contributed by atoms with Gasteiger partial charge in [0.15, 0.2) is 5.58 Å². The summed E-state index contributed by atoms with van der Waals surface area (Å²) < 4.78 is 18.6. The molecule has 0 radical (unpaired) electrons. The van der Waals surface area contributed by atoms with Crippen molar-refractivity contribution in [1.29, 1.82) is 0 Å². The minimum atomic E-state index is -0.274. The second-order valence-corrected chi connectivity index (χ2v) is 6.90. The molecule has 1 aliphatic rings. The van der Waals surface area contributed by atoms with Gasteiger partial charge >= 0.3 is 0 Å². The van der Waals surface area contributed by atoms with Gasteiger partial charge in [0.2, 0.25) is 0 Å². The number of rotatable bonds is 5. The lowest BCUT2D eigenvalue weighted by Gasteiger charge is -2.33. The molecule has 0 unspecified atom stereocenters. The maximum Gasteiger partial charge on any atom is 0.170 e. The molecule has 2 heterocycles. The molecule has 0 N–H and O–H groups in total. The first kappa shape index (κ1) is 16.4. The smallest absolute Gasteiger partial charge is 0.170 e. The van der Waals surface area contributed by atoms with E-state index in [4.69, 9.17) is 4.52 Å². The Labute approximate surface area is 137 Å². The molecule has 1 aromatic heterocycles. The summed E-state index contributed by atoms with van der Waals surface area (Å²) in [6.45, 7) is 8.86. The van der Waals surface area contributed by atoms with Crippen LogP contribution >= 0.6 is 0 Å². The van der Waals surface area contributed by atoms with Crippen molar-refractivity contribution in [3.63, 3.8) is 0 Å². The van der Waals surface area contributed by atoms with Crippen LogP contribution in [0.4, 0.5) is 4.39 Å². The number of likely N-dealkylation sites (N-methyl/N-ethyl adjacent to an activating group) is 1. The number of benzene rings is 1. The van der Waals surface area contributed by atoms with Crippen LogP contribution < -0.4 is 0 Å². The quantitative estimate of drug-likeness (QED) is 0.844. The average molecular weight is 319 g/mol. The third kappa shape index (κ3) is 3.72. The molecule has 1 aromatic carbocycles. The Balaban J connectivity index is 1.58. The molecule has 0 spiro atoms. The SMILES string of the molecule is CC(C)N(C)CCN1CCC(c2noc3cc(F)ccc23)CC1. The summed E-state index contributed by atoms with van der Waals surface area (Å²) in [7, 11) is 2.18. The topological polar surface area (TPSA) is 32.5 Å². The number of piperidine rings is 1. The molecule has 2 aromatic rings. The van der Waals surface area contributed by atoms with E-state index in [-0.39, 0.29) is 5.82 Å². The summed E-state index contributed by atoms with van der Waals surface area (Å²) >= 11 is 0. The van der Waals surface area contributed by atoms with E-state index in [0.717, 1.165) is 50.1 Å². The van der Waals surface area contributed by atoms with Crippen LogP contribution in [0.2, 0.25) is 0 Å². The molecule has 0 amide bonds. The highest BCUT2D eigenvalue weighted by atomic mass is 19.1. The summed E-state index contributed by atoms with van der Waals surface area (Å²) in [6.07, 6.45) is 2.18. The molecule has 1 aliphatic heterocycles. The summed E-state index contributed by atoms with van der Waals surface area (Å²) in [5.74, 6) is 0.144. The summed E-state index contributed by atoms with van der Waals surface area (Å²) in [5.41, 5.74) is 1.56. The first-order valence-corrected chi connectivity index (χ1v) is 8.52. The zero-order valence-electron chi connectivity index (χ0n) is 14.3. The van der Waals surface area contributed by atoms with Gasteiger partial charge in [0, 0.05) is 36.5 Å². The first-order valence-electron chi connectivity index (χ1n) is 8.52. The van der Waals surface area contributed by atoms with E-state index in [9.17, 15) is 4.39 Å². The highest BCUT2D eigenvalue weighted by Gasteiger charge is 2.25. The fourth-order valence-corrected chi connectivity index (χ4v) is 3.21. The molecule has 0 bridgehead atoms. The standard InChI is InChI=1S/C18H26FN3O/c1-13(2)21(3)10-11-22-8-6-14(7-9-22)18-16-5-4-15(19)12-17(16)23-20-18/h4-5,12-14H,6-11H2,1-3H3. The Bertz CT molecular complexity index is 647. The van der Waals surface area contributed by atoms with Crippen LogP contribution in [-0.2, 0) is 0 Å². The Morgan fingerprint density at radius 1 is 1.35 bits per heavy atom. The maximum absolute atomic E-state index is 13.2. The first-order chi connectivity index (χ1) is 11.0. The highest BCUT2D eigenvalue weighted by Crippen LogP contribution is 2.32. The predicted octanol–water partition coefficient (Wildman–Crippen LogP) is 3.49. The Morgan fingerprint density at radius 3 is 2.78 bits per heavy atom. The summed E-state index contributed by atoms with van der Waals surface area (Å²) in [4.78, 5) is 4.91. The molecule has 23 heavy (non-hydrogen) atoms. The van der Waals surface area contributed by atoms with Gasteiger partial charge in [-0.3, -0.25) is 0 Å². The molecule has 1 fully saturated rings. The van der Waals surface area contributed by atoms with Gasteiger partial charge in [0.05, 0.1) is 5.69 Å². The Morgan fingerprint density at radius 2 is 2.09 bits per heavy atom. The second-order valence-electron chi connectivity index (χ2n) is 6.90. The van der Waals surface area contributed by atoms with Gasteiger partial charge in [-0.2, -0.15) is 0 Å². The van der Waals surface area contributed by atoms with E-state index < -0.39 is 0 Å². The van der Waals surface area contributed by atoms with Gasteiger partial charge in [0.25, 0.3) is 0 Å². The number of hydrogen-bond donors (Lipinski definition) is 0. The van der Waals surface area contributed by atoms with E-state index in [1.54, 1.807) is 6.07 Å². The van der Waals surface area contributed by atoms with E-state index in [2.05, 4.69) is 35.9 Å². The van der Waals surface area contributed by atoms with Crippen LogP contribution in [-0.4, -0.2) is 54.2 Å². The molecule has 3 rings (SSSR count). The monoisotopic (exact) mass is 319 g/mol. The van der Waals surface area contributed by atoms with Crippen molar-refractivity contribution in [2.45, 2.75) is 38.6 Å². The molecule has 1 saturated heterocycles. The minimum absolute atomic E-state index is 0.274. The molecule has 4 nitrogen and oxygen atoms in total. The molecule has 0 aliphatic carbocycles. The highest BCUT2D eigenvalue weighted by molar-refractivity contribution is 5.79. The Kier molecular flexibility index (Phi) is 4.97. The molecule has 0 saturated carbocycles. The van der Waals surface area contributed by atoms with Gasteiger partial charge < -0.3 is 14.3 Å². The predicted molar refractivity (Wildman–Crippen MR) is 90.1 cm³/mol. The van der Waals surface area contributed by atoms with Crippen LogP contribution in [0.5, 0.6) is 0 Å². The third-order valence-corrected chi connectivity index (χ3v) is 5.09. The van der Waals surface area contributed by atoms with Crippen LogP contribution in [0.1, 0.15) is 38.3 Å². The normalized spacial score (nSPS) is 17.7. The number of likely N-dealkylation sites (tertiary alicyclic amines) is 1. The number of halogens is 1. The van der Waals surface area contributed by atoms with Crippen molar-refractivity contribution < 1.29 is 8.91 Å². The average Bonchev–Trinajstić information content (AvgIpc) is 2.95. The molecule has 5 heteroatoms. The minimum Gasteiger partial charge on any atom is -0.356 e. The van der Waals surface area contributed by atoms with E-state index in [1.165, 1.54) is 12.1 Å². The largest absolute Gasteiger partial charge is 0.356 e. The van der Waals surface area contributed by atoms with E-state index in [1.807, 2.05) is 0 Å². The van der Waals surface area contributed by atoms with Gasteiger partial charge in [-0.05, 0) is 59.0 Å².